The first kappa shape index (κ1) is 22.6. The predicted octanol–water partition coefficient (Wildman–Crippen LogP) is 4.00. The molecule has 2 aromatic rings. The van der Waals surface area contributed by atoms with Gasteiger partial charge in [0, 0.05) is 31.1 Å². The van der Waals surface area contributed by atoms with Crippen LogP contribution in [0.2, 0.25) is 0 Å². The maximum Gasteiger partial charge on any atom is 0.314 e. The molecule has 1 saturated heterocycles. The lowest BCUT2D eigenvalue weighted by molar-refractivity contribution is -0.0908. The highest BCUT2D eigenvalue weighted by Gasteiger charge is 2.43. The fraction of sp³-hybridized carbons (Fsp3) is 0.480. The van der Waals surface area contributed by atoms with Gasteiger partial charge in [0.2, 0.25) is 0 Å². The summed E-state index contributed by atoms with van der Waals surface area (Å²) in [6.07, 6.45) is 1.44. The lowest BCUT2D eigenvalue weighted by Crippen LogP contribution is -2.46. The number of aryl methyl sites for hydroxylation is 1. The summed E-state index contributed by atoms with van der Waals surface area (Å²) in [6, 6.07) is 13.6. The Morgan fingerprint density at radius 1 is 1.19 bits per heavy atom. The first-order valence-electron chi connectivity index (χ1n) is 11.4. The van der Waals surface area contributed by atoms with Crippen molar-refractivity contribution in [2.24, 2.45) is 5.92 Å². The van der Waals surface area contributed by atoms with Crippen molar-refractivity contribution in [3.63, 3.8) is 0 Å². The van der Waals surface area contributed by atoms with Gasteiger partial charge in [0.15, 0.2) is 0 Å². The number of nitrogens with one attached hydrogen (secondary N) is 3. The predicted molar refractivity (Wildman–Crippen MR) is 124 cm³/mol. The van der Waals surface area contributed by atoms with Gasteiger partial charge in [-0.05, 0) is 51.1 Å². The molecule has 172 valence electrons. The fourth-order valence-corrected chi connectivity index (χ4v) is 4.76. The minimum atomic E-state index is -0.247. The van der Waals surface area contributed by atoms with Crippen molar-refractivity contribution < 1.29 is 13.9 Å². The molecule has 4 rings (SSSR count). The average Bonchev–Trinajstić information content (AvgIpc) is 2.77. The number of amides is 2. The largest absolute Gasteiger partial charge is 0.375 e. The molecule has 2 amide bonds. The fourth-order valence-electron chi connectivity index (χ4n) is 4.76. The maximum atomic E-state index is 14.9. The number of carbonyl (C=O) groups excluding carboxylic acids is 1. The van der Waals surface area contributed by atoms with E-state index in [1.54, 1.807) is 6.07 Å². The Labute approximate surface area is 189 Å². The van der Waals surface area contributed by atoms with Crippen LogP contribution < -0.4 is 16.0 Å². The lowest BCUT2D eigenvalue weighted by atomic mass is 9.76. The summed E-state index contributed by atoms with van der Waals surface area (Å²) in [7, 11) is 3.94. The van der Waals surface area contributed by atoms with Crippen LogP contribution in [0.3, 0.4) is 0 Å². The van der Waals surface area contributed by atoms with Gasteiger partial charge < -0.3 is 25.6 Å². The van der Waals surface area contributed by atoms with Gasteiger partial charge >= 0.3 is 6.03 Å². The van der Waals surface area contributed by atoms with Crippen molar-refractivity contribution in [2.75, 3.05) is 39.0 Å². The molecule has 0 aromatic heterocycles. The summed E-state index contributed by atoms with van der Waals surface area (Å²) in [5, 5.41) is 9.26. The van der Waals surface area contributed by atoms with Gasteiger partial charge in [0.1, 0.15) is 5.82 Å². The molecule has 32 heavy (non-hydrogen) atoms. The first-order valence-corrected chi connectivity index (χ1v) is 11.4. The molecule has 3 N–H and O–H groups in total. The SMILES string of the molecule is Cc1cc(F)c2c(c1)[C@H]1O[C@@H](CNC(=O)NCCN(C)C)CC[C@H]1[C@H](c1ccccc1)N2. The Hall–Kier alpha value is -2.64. The lowest BCUT2D eigenvalue weighted by Gasteiger charge is -2.46. The third kappa shape index (κ3) is 5.05. The van der Waals surface area contributed by atoms with Crippen LogP contribution in [-0.2, 0) is 4.74 Å². The molecule has 2 aliphatic heterocycles. The quantitative estimate of drug-likeness (QED) is 0.635. The Bertz CT molecular complexity index is 937. The number of hydrogen-bond donors (Lipinski definition) is 3. The topological polar surface area (TPSA) is 65.6 Å². The number of hydrogen-bond acceptors (Lipinski definition) is 4. The number of anilines is 1. The summed E-state index contributed by atoms with van der Waals surface area (Å²) < 4.78 is 21.4. The number of urea groups is 1. The van der Waals surface area contributed by atoms with Gasteiger partial charge in [-0.15, -0.1) is 0 Å². The van der Waals surface area contributed by atoms with E-state index < -0.39 is 0 Å². The van der Waals surface area contributed by atoms with Crippen LogP contribution in [0.5, 0.6) is 0 Å². The first-order chi connectivity index (χ1) is 15.4. The van der Waals surface area contributed by atoms with Crippen LogP contribution in [0.4, 0.5) is 14.9 Å². The van der Waals surface area contributed by atoms with Crippen LogP contribution in [0.15, 0.2) is 42.5 Å². The van der Waals surface area contributed by atoms with Gasteiger partial charge in [-0.1, -0.05) is 36.4 Å². The Balaban J connectivity index is 1.49. The zero-order chi connectivity index (χ0) is 22.7. The van der Waals surface area contributed by atoms with E-state index in [4.69, 9.17) is 4.74 Å². The van der Waals surface area contributed by atoms with E-state index in [1.165, 1.54) is 0 Å². The van der Waals surface area contributed by atoms with Gasteiger partial charge in [0.05, 0.1) is 23.9 Å². The van der Waals surface area contributed by atoms with E-state index in [9.17, 15) is 9.18 Å². The van der Waals surface area contributed by atoms with Gasteiger partial charge in [0.25, 0.3) is 0 Å². The molecule has 0 aliphatic carbocycles. The number of rotatable bonds is 6. The third-order valence-corrected chi connectivity index (χ3v) is 6.34. The van der Waals surface area contributed by atoms with E-state index in [0.29, 0.717) is 18.8 Å². The standard InChI is InChI=1S/C25H33FN4O2/c1-16-13-20-23(21(26)14-16)29-22(17-7-5-4-6-8-17)19-10-9-18(32-24(19)20)15-28-25(31)27-11-12-30(2)3/h4-8,13-14,18-19,22,24,29H,9-12,15H2,1-3H3,(H2,27,28,31)/t18-,19+,22+,24+/m1/s1. The molecule has 2 aromatic carbocycles. The summed E-state index contributed by atoms with van der Waals surface area (Å²) in [5.41, 5.74) is 3.42. The number of likely N-dealkylation sites (N-methyl/N-ethyl adjacent to an activating group) is 1. The molecule has 7 heteroatoms. The Morgan fingerprint density at radius 2 is 1.97 bits per heavy atom. The van der Waals surface area contributed by atoms with Crippen molar-refractivity contribution in [1.29, 1.82) is 0 Å². The number of ether oxygens (including phenoxy) is 1. The highest BCUT2D eigenvalue weighted by atomic mass is 19.1. The molecular weight excluding hydrogens is 407 g/mol. The molecule has 2 heterocycles. The van der Waals surface area contributed by atoms with Crippen LogP contribution in [0.1, 0.15) is 41.7 Å². The average molecular weight is 441 g/mol. The van der Waals surface area contributed by atoms with Crippen molar-refractivity contribution in [3.8, 4) is 0 Å². The second kappa shape index (κ2) is 9.88. The van der Waals surface area contributed by atoms with Crippen molar-refractivity contribution >= 4 is 11.7 Å². The highest BCUT2D eigenvalue weighted by Crippen LogP contribution is 2.51. The second-order valence-corrected chi connectivity index (χ2v) is 9.10. The maximum absolute atomic E-state index is 14.9. The highest BCUT2D eigenvalue weighted by molar-refractivity contribution is 5.73. The van der Waals surface area contributed by atoms with Crippen molar-refractivity contribution in [1.82, 2.24) is 15.5 Å². The van der Waals surface area contributed by atoms with E-state index in [-0.39, 0.29) is 36.0 Å². The van der Waals surface area contributed by atoms with Crippen molar-refractivity contribution in [3.05, 3.63) is 65.0 Å². The van der Waals surface area contributed by atoms with E-state index in [2.05, 4.69) is 28.1 Å². The van der Waals surface area contributed by atoms with Crippen LogP contribution in [-0.4, -0.2) is 50.8 Å². The summed E-state index contributed by atoms with van der Waals surface area (Å²) in [4.78, 5) is 14.1. The molecule has 0 unspecified atom stereocenters. The summed E-state index contributed by atoms with van der Waals surface area (Å²) >= 11 is 0. The molecule has 2 aliphatic rings. The van der Waals surface area contributed by atoms with Crippen molar-refractivity contribution in [2.45, 2.75) is 38.0 Å². The van der Waals surface area contributed by atoms with E-state index in [1.807, 2.05) is 50.2 Å². The van der Waals surface area contributed by atoms with Crippen LogP contribution >= 0.6 is 0 Å². The molecule has 0 radical (unpaired) electrons. The number of nitrogens with zero attached hydrogens (tertiary/aromatic N) is 1. The smallest absolute Gasteiger partial charge is 0.314 e. The monoisotopic (exact) mass is 440 g/mol. The van der Waals surface area contributed by atoms with Crippen LogP contribution in [0.25, 0.3) is 0 Å². The number of benzene rings is 2. The van der Waals surface area contributed by atoms with E-state index >= 15 is 0 Å². The molecule has 0 spiro atoms. The molecule has 1 fully saturated rings. The summed E-state index contributed by atoms with van der Waals surface area (Å²) in [5.74, 6) is -0.0558. The molecular formula is C25H33FN4O2. The Kier molecular flexibility index (Phi) is 6.96. The minimum absolute atomic E-state index is 0.0193. The Morgan fingerprint density at radius 3 is 2.72 bits per heavy atom. The number of carbonyl (C=O) groups is 1. The number of halogens is 1. The third-order valence-electron chi connectivity index (χ3n) is 6.34. The molecule has 0 saturated carbocycles. The summed E-state index contributed by atoms with van der Waals surface area (Å²) in [6.45, 7) is 3.71. The zero-order valence-electron chi connectivity index (χ0n) is 19.0. The van der Waals surface area contributed by atoms with Gasteiger partial charge in [-0.3, -0.25) is 0 Å². The molecule has 0 bridgehead atoms. The number of fused-ring (bicyclic) bond motifs is 3. The molecule has 4 atom stereocenters. The van der Waals surface area contributed by atoms with Gasteiger partial charge in [-0.25, -0.2) is 9.18 Å². The minimum Gasteiger partial charge on any atom is -0.375 e. The normalized spacial score (nSPS) is 24.3. The second-order valence-electron chi connectivity index (χ2n) is 9.10. The van der Waals surface area contributed by atoms with E-state index in [0.717, 1.165) is 36.1 Å². The zero-order valence-corrected chi connectivity index (χ0v) is 19.0. The van der Waals surface area contributed by atoms with Gasteiger partial charge in [-0.2, -0.15) is 0 Å². The molecule has 6 nitrogen and oxygen atoms in total. The van der Waals surface area contributed by atoms with Crippen LogP contribution in [0, 0.1) is 18.7 Å².